The third-order valence-corrected chi connectivity index (χ3v) is 16.5. The fourth-order valence-corrected chi connectivity index (χ4v) is 12.1. The van der Waals surface area contributed by atoms with Crippen LogP contribution in [0, 0.1) is 35.5 Å². The Morgan fingerprint density at radius 2 is 1.51 bits per heavy atom. The lowest BCUT2D eigenvalue weighted by molar-refractivity contribution is -0.266. The fourth-order valence-electron chi connectivity index (χ4n) is 11.3. The van der Waals surface area contributed by atoms with Gasteiger partial charge in [-0.05, 0) is 107 Å². The molecule has 1 amide bonds. The number of rotatable bonds is 15. The van der Waals surface area contributed by atoms with E-state index in [0.29, 0.717) is 76.8 Å². The van der Waals surface area contributed by atoms with Crippen LogP contribution in [-0.2, 0) is 71.0 Å². The van der Waals surface area contributed by atoms with Gasteiger partial charge >= 0.3 is 5.97 Å². The second-order valence-electron chi connectivity index (χ2n) is 22.4. The number of carbonyl (C=O) groups is 5. The first kappa shape index (κ1) is 65.3. The molecule has 3 fully saturated rings. The van der Waals surface area contributed by atoms with Gasteiger partial charge in [0.05, 0.1) is 50.8 Å². The molecule has 1 unspecified atom stereocenters. The Morgan fingerprint density at radius 3 is 2.18 bits per heavy atom. The fraction of sp³-hybridized carbons (Fsp3) is 0.776. The van der Waals surface area contributed by atoms with Crippen LogP contribution < -0.4 is 0 Å². The van der Waals surface area contributed by atoms with Gasteiger partial charge in [0.15, 0.2) is 13.2 Å². The highest BCUT2D eigenvalue weighted by Crippen LogP contribution is 2.45. The van der Waals surface area contributed by atoms with Crippen LogP contribution in [0.4, 0.5) is 0 Å². The second-order valence-corrected chi connectivity index (χ2v) is 25.1. The number of piperidine rings is 1. The van der Waals surface area contributed by atoms with Gasteiger partial charge in [-0.1, -0.05) is 71.1 Å². The number of allylic oxidation sites excluding steroid dienone is 6. The van der Waals surface area contributed by atoms with Crippen LogP contribution in [-0.4, -0.2) is 169 Å². The van der Waals surface area contributed by atoms with Crippen LogP contribution in [0.2, 0.25) is 0 Å². The van der Waals surface area contributed by atoms with E-state index in [2.05, 4.69) is 0 Å². The zero-order chi connectivity index (χ0) is 56.3. The van der Waals surface area contributed by atoms with E-state index < -0.39 is 79.2 Å². The summed E-state index contributed by atoms with van der Waals surface area (Å²) in [5, 5.41) is 12.2. The van der Waals surface area contributed by atoms with Gasteiger partial charge in [-0.2, -0.15) is 0 Å². The van der Waals surface area contributed by atoms with Crippen LogP contribution in [0.25, 0.3) is 0 Å². The van der Waals surface area contributed by atoms with Crippen LogP contribution >= 0.6 is 7.37 Å². The molecule has 0 aromatic heterocycles. The lowest BCUT2D eigenvalue weighted by atomic mass is 9.78. The predicted octanol–water partition coefficient (Wildman–Crippen LogP) is 8.43. The largest absolute Gasteiger partial charge is 0.460 e. The Labute approximate surface area is 454 Å². The van der Waals surface area contributed by atoms with Crippen molar-refractivity contribution in [2.75, 3.05) is 74.7 Å². The molecule has 1 aliphatic carbocycles. The minimum atomic E-state index is -2.80. The molecule has 76 heavy (non-hydrogen) atoms. The first-order valence-electron chi connectivity index (χ1n) is 27.7. The molecular weight excluding hydrogens is 998 g/mol. The van der Waals surface area contributed by atoms with E-state index in [1.165, 1.54) is 19.1 Å². The first-order valence-corrected chi connectivity index (χ1v) is 30.2. The van der Waals surface area contributed by atoms with Crippen molar-refractivity contribution in [1.82, 2.24) is 4.90 Å². The Morgan fingerprint density at radius 1 is 0.803 bits per heavy atom. The molecule has 1 saturated carbocycles. The second kappa shape index (κ2) is 31.5. The van der Waals surface area contributed by atoms with Gasteiger partial charge in [0.25, 0.3) is 11.7 Å². The van der Waals surface area contributed by atoms with Crippen LogP contribution in [0.15, 0.2) is 47.6 Å². The minimum absolute atomic E-state index is 0.0268. The molecule has 0 radical (unpaired) electrons. The molecule has 15 atom stereocenters. The van der Waals surface area contributed by atoms with E-state index in [4.69, 9.17) is 42.4 Å². The zero-order valence-electron chi connectivity index (χ0n) is 48.0. The summed E-state index contributed by atoms with van der Waals surface area (Å²) in [5.41, 5.74) is 1.48. The van der Waals surface area contributed by atoms with Crippen molar-refractivity contribution >= 4 is 36.6 Å². The van der Waals surface area contributed by atoms with Gasteiger partial charge in [-0.15, -0.1) is 0 Å². The smallest absolute Gasteiger partial charge is 0.329 e. The third-order valence-electron chi connectivity index (χ3n) is 15.8. The molecule has 1 N–H and O–H groups in total. The molecule has 4 aliphatic rings. The number of carbonyl (C=O) groups excluding carboxylic acids is 5. The Hall–Kier alpha value is -3.22. The van der Waals surface area contributed by atoms with Gasteiger partial charge in [-0.3, -0.25) is 23.7 Å². The highest BCUT2D eigenvalue weighted by molar-refractivity contribution is 7.57. The molecule has 18 heteroatoms. The van der Waals surface area contributed by atoms with Crippen molar-refractivity contribution in [3.05, 3.63) is 47.6 Å². The molecule has 3 heterocycles. The summed E-state index contributed by atoms with van der Waals surface area (Å²) in [7, 11) is 3.39. The number of ether oxygens (including phenoxy) is 8. The number of Topliss-reactive ketones (excluding diaryl/α,β-unsaturated/α-hetero) is 3. The van der Waals surface area contributed by atoms with Crippen LogP contribution in [0.3, 0.4) is 0 Å². The SMILES string of the molecule is COCCOCCOC1C[C@@H]2CC[C@@H](C)[C@@](O)(O2)C(=O)C(=O)N2CCCC[C@H]2C(=O)O[C@H]([C@H](C)C[C@@H]2CC[C@@H](OP(C)(C)=O)[C@H](OC)C2)CC(=O)[C@H](C)/C=C(\C)[C@@H](OC)[C@@H](OC)C(=O)[C@H](C)C[C@H](C)/C=C/C=CC=C1C. The summed E-state index contributed by atoms with van der Waals surface area (Å²) in [6.07, 6.45) is 12.3. The first-order chi connectivity index (χ1) is 36.0. The monoisotopic (exact) mass is 1090 g/mol. The zero-order valence-corrected chi connectivity index (χ0v) is 48.9. The number of ketones is 3. The number of fused-ring (bicyclic) bond motifs is 3. The average molecular weight is 1090 g/mol. The summed E-state index contributed by atoms with van der Waals surface area (Å²) < 4.78 is 66.0. The summed E-state index contributed by atoms with van der Waals surface area (Å²) in [6, 6.07) is -1.16. The van der Waals surface area contributed by atoms with E-state index in [9.17, 15) is 33.6 Å². The van der Waals surface area contributed by atoms with E-state index in [0.717, 1.165) is 12.0 Å². The van der Waals surface area contributed by atoms with Crippen molar-refractivity contribution in [1.29, 1.82) is 0 Å². The lowest BCUT2D eigenvalue weighted by Crippen LogP contribution is -2.61. The average Bonchev–Trinajstić information content (AvgIpc) is 3.37. The standard InChI is InChI=1S/C58H94NO16P/c1-37-19-15-14-16-20-38(2)49(72-30-29-71-28-27-67-8)35-45-24-22-43(7)58(65,74-45)55(62)56(63)59-26-18-17-21-46(59)57(64)73-50(40(4)33-44-23-25-48(51(34-44)68-9)75-76(12,13)66)36-47(60)39(3)32-42(6)53(69-10)54(70-11)52(61)41(5)31-37/h14-16,19-20,32,37,39-41,43-46,48-51,53-54,65H,17-18,21-31,33-36H2,1-13H3/b16-14?,19-15+,38-20?,42-32+/t37-,39-,40-,41-,43-,44+,45+,46+,48-,49?,50+,51-,53-,54+,58-/m1/s1. The highest BCUT2D eigenvalue weighted by Gasteiger charge is 2.53. The molecule has 2 bridgehead atoms. The maximum Gasteiger partial charge on any atom is 0.329 e. The number of cyclic esters (lactones) is 1. The molecule has 3 aliphatic heterocycles. The van der Waals surface area contributed by atoms with Gasteiger partial charge < -0.3 is 52.4 Å². The number of hydrogen-bond donors (Lipinski definition) is 1. The Balaban J connectivity index is 1.73. The molecule has 0 aromatic rings. The Kier molecular flexibility index (Phi) is 27.1. The summed E-state index contributed by atoms with van der Waals surface area (Å²) in [4.78, 5) is 73.4. The number of nitrogens with zero attached hydrogens (tertiary/aromatic N) is 1. The van der Waals surface area contributed by atoms with Crippen LogP contribution in [0.5, 0.6) is 0 Å². The van der Waals surface area contributed by atoms with E-state index >= 15 is 0 Å². The predicted molar refractivity (Wildman–Crippen MR) is 290 cm³/mol. The molecule has 17 nitrogen and oxygen atoms in total. The number of hydrogen-bond acceptors (Lipinski definition) is 16. The number of methoxy groups -OCH3 is 4. The minimum Gasteiger partial charge on any atom is -0.460 e. The van der Waals surface area contributed by atoms with Gasteiger partial charge in [0, 0.05) is 78.9 Å². The molecule has 2 saturated heterocycles. The summed E-state index contributed by atoms with van der Waals surface area (Å²) in [5.74, 6) is -7.82. The quantitative estimate of drug-likeness (QED) is 0.0536. The van der Waals surface area contributed by atoms with Crippen LogP contribution in [0.1, 0.15) is 126 Å². The molecule has 4 rings (SSSR count). The van der Waals surface area contributed by atoms with E-state index in [1.807, 2.05) is 58.1 Å². The molecule has 432 valence electrons. The van der Waals surface area contributed by atoms with E-state index in [-0.39, 0.29) is 79.9 Å². The van der Waals surface area contributed by atoms with Crippen molar-refractivity contribution in [3.63, 3.8) is 0 Å². The Bertz CT molecular complexity index is 2070. The molecular formula is C58H94NO16P. The molecule has 0 spiro atoms. The van der Waals surface area contributed by atoms with Crippen molar-refractivity contribution in [2.24, 2.45) is 35.5 Å². The third kappa shape index (κ3) is 19.3. The normalized spacial score (nSPS) is 35.4. The highest BCUT2D eigenvalue weighted by atomic mass is 31.2. The number of esters is 1. The topological polar surface area (TPSA) is 209 Å². The summed E-state index contributed by atoms with van der Waals surface area (Å²) >= 11 is 0. The molecule has 0 aromatic carbocycles. The maximum absolute atomic E-state index is 14.7. The number of amides is 1. The van der Waals surface area contributed by atoms with E-state index in [1.54, 1.807) is 54.4 Å². The van der Waals surface area contributed by atoms with Crippen molar-refractivity contribution in [2.45, 2.75) is 180 Å². The number of aliphatic hydroxyl groups is 1. The summed E-state index contributed by atoms with van der Waals surface area (Å²) in [6.45, 7) is 17.7. The van der Waals surface area contributed by atoms with Gasteiger partial charge in [-0.25, -0.2) is 4.79 Å². The lowest BCUT2D eigenvalue weighted by Gasteiger charge is -2.43. The van der Waals surface area contributed by atoms with Crippen molar-refractivity contribution in [3.8, 4) is 0 Å². The van der Waals surface area contributed by atoms with Gasteiger partial charge in [0.2, 0.25) is 5.79 Å². The van der Waals surface area contributed by atoms with Crippen molar-refractivity contribution < 1.29 is 76.1 Å². The van der Waals surface area contributed by atoms with Gasteiger partial charge in [0.1, 0.15) is 30.1 Å². The maximum atomic E-state index is 14.7.